The van der Waals surface area contributed by atoms with Crippen molar-refractivity contribution in [2.75, 3.05) is 25.1 Å². The zero-order valence-corrected chi connectivity index (χ0v) is 15.5. The predicted octanol–water partition coefficient (Wildman–Crippen LogP) is 3.23. The maximum atomic E-state index is 13.3. The number of benzene rings is 2. The van der Waals surface area contributed by atoms with E-state index < -0.39 is 5.82 Å². The van der Waals surface area contributed by atoms with E-state index >= 15 is 0 Å². The lowest BCUT2D eigenvalue weighted by molar-refractivity contribution is 0.0940. The highest BCUT2D eigenvalue weighted by Crippen LogP contribution is 2.26. The largest absolute Gasteiger partial charge is 0.497 e. The smallest absolute Gasteiger partial charge is 0.251 e. The second-order valence-corrected chi connectivity index (χ2v) is 6.78. The Morgan fingerprint density at radius 2 is 2.07 bits per heavy atom. The Bertz CT molecular complexity index is 971. The molecule has 6 nitrogen and oxygen atoms in total. The average Bonchev–Trinajstić information content (AvgIpc) is 3.37. The summed E-state index contributed by atoms with van der Waals surface area (Å²) in [5.41, 5.74) is 2.28. The number of nitrogens with zero attached hydrogens (tertiary/aromatic N) is 2. The number of H-pyrrole nitrogens is 1. The van der Waals surface area contributed by atoms with E-state index in [1.807, 2.05) is 30.3 Å². The summed E-state index contributed by atoms with van der Waals surface area (Å²) in [5, 5.41) is 10.4. The van der Waals surface area contributed by atoms with Crippen LogP contribution in [-0.4, -0.2) is 42.3 Å². The number of nitrogens with one attached hydrogen (secondary N) is 2. The third-order valence-electron chi connectivity index (χ3n) is 4.90. The van der Waals surface area contributed by atoms with Gasteiger partial charge >= 0.3 is 0 Å². The summed E-state index contributed by atoms with van der Waals surface area (Å²) in [5.74, 6) is 0.976. The number of hydrogen-bond donors (Lipinski definition) is 2. The number of hydrogen-bond acceptors (Lipinski definition) is 4. The lowest BCUT2D eigenvalue weighted by Crippen LogP contribution is -2.37. The molecular formula is C21H21FN4O2. The maximum absolute atomic E-state index is 13.3. The number of amides is 1. The van der Waals surface area contributed by atoms with Crippen LogP contribution in [0.1, 0.15) is 16.8 Å². The average molecular weight is 380 g/mol. The van der Waals surface area contributed by atoms with Gasteiger partial charge in [0.05, 0.1) is 12.8 Å². The van der Waals surface area contributed by atoms with Gasteiger partial charge < -0.3 is 15.0 Å². The molecule has 2 N–H and O–H groups in total. The number of methoxy groups -OCH3 is 1. The highest BCUT2D eigenvalue weighted by molar-refractivity contribution is 5.94. The number of aromatic nitrogens is 2. The summed E-state index contributed by atoms with van der Waals surface area (Å²) in [4.78, 5) is 14.4. The van der Waals surface area contributed by atoms with E-state index in [-0.39, 0.29) is 11.9 Å². The van der Waals surface area contributed by atoms with Crippen LogP contribution in [0.4, 0.5) is 10.2 Å². The van der Waals surface area contributed by atoms with Gasteiger partial charge in [-0.2, -0.15) is 5.10 Å². The molecule has 1 saturated heterocycles. The van der Waals surface area contributed by atoms with E-state index in [0.29, 0.717) is 12.1 Å². The third-order valence-corrected chi connectivity index (χ3v) is 4.90. The van der Waals surface area contributed by atoms with Gasteiger partial charge in [-0.15, -0.1) is 0 Å². The van der Waals surface area contributed by atoms with Crippen LogP contribution in [0.3, 0.4) is 0 Å². The Balaban J connectivity index is 1.39. The van der Waals surface area contributed by atoms with Gasteiger partial charge in [-0.1, -0.05) is 6.07 Å². The normalized spacial score (nSPS) is 16.2. The molecule has 1 fully saturated rings. The number of carbonyl (C=O) groups excluding carboxylic acids is 1. The Morgan fingerprint density at radius 3 is 2.82 bits per heavy atom. The first-order chi connectivity index (χ1) is 13.6. The first kappa shape index (κ1) is 18.0. The molecule has 0 saturated carbocycles. The van der Waals surface area contributed by atoms with Crippen LogP contribution in [0.5, 0.6) is 5.75 Å². The van der Waals surface area contributed by atoms with Gasteiger partial charge in [0.15, 0.2) is 5.82 Å². The summed E-state index contributed by atoms with van der Waals surface area (Å²) < 4.78 is 18.5. The Labute approximate surface area is 162 Å². The van der Waals surface area contributed by atoms with Gasteiger partial charge in [0.1, 0.15) is 11.6 Å². The molecular weight excluding hydrogens is 359 g/mol. The van der Waals surface area contributed by atoms with Crippen molar-refractivity contribution in [1.82, 2.24) is 15.5 Å². The van der Waals surface area contributed by atoms with Crippen molar-refractivity contribution >= 4 is 11.7 Å². The summed E-state index contributed by atoms with van der Waals surface area (Å²) in [6, 6.07) is 15.5. The standard InChI is InChI=1S/C21H21FN4O2/c1-28-18-7-5-14(6-8-18)19-12-20(25-24-19)26-10-9-17(13-26)23-21(27)15-3-2-4-16(22)11-15/h2-8,11-12,17H,9-10,13H2,1H3,(H,23,27)(H,24,25)/t17-/m0/s1. The van der Waals surface area contributed by atoms with Gasteiger partial charge in [-0.3, -0.25) is 9.89 Å². The highest BCUT2D eigenvalue weighted by atomic mass is 19.1. The van der Waals surface area contributed by atoms with Crippen LogP contribution < -0.4 is 15.0 Å². The molecule has 3 aromatic rings. The maximum Gasteiger partial charge on any atom is 0.251 e. The molecule has 0 unspecified atom stereocenters. The number of rotatable bonds is 5. The summed E-state index contributed by atoms with van der Waals surface area (Å²) in [6.07, 6.45) is 0.811. The van der Waals surface area contributed by atoms with E-state index in [1.165, 1.54) is 18.2 Å². The molecule has 1 aromatic heterocycles. The van der Waals surface area contributed by atoms with Gasteiger partial charge in [-0.05, 0) is 54.4 Å². The predicted molar refractivity (Wildman–Crippen MR) is 105 cm³/mol. The van der Waals surface area contributed by atoms with Gasteiger partial charge in [0.25, 0.3) is 5.91 Å². The second kappa shape index (κ2) is 7.72. The first-order valence-corrected chi connectivity index (χ1v) is 9.13. The number of anilines is 1. The fraction of sp³-hybridized carbons (Fsp3) is 0.238. The van der Waals surface area contributed by atoms with Gasteiger partial charge in [0, 0.05) is 30.8 Å². The molecule has 1 atom stereocenters. The molecule has 4 rings (SSSR count). The fourth-order valence-corrected chi connectivity index (χ4v) is 3.38. The van der Waals surface area contributed by atoms with Crippen molar-refractivity contribution in [2.45, 2.75) is 12.5 Å². The minimum atomic E-state index is -0.414. The first-order valence-electron chi connectivity index (χ1n) is 9.13. The Morgan fingerprint density at radius 1 is 1.25 bits per heavy atom. The monoisotopic (exact) mass is 380 g/mol. The number of ether oxygens (including phenoxy) is 1. The SMILES string of the molecule is COc1ccc(-c2cc(N3CC[C@H](NC(=O)c4cccc(F)c4)C3)n[nH]2)cc1. The van der Waals surface area contributed by atoms with Gasteiger partial charge in [-0.25, -0.2) is 4.39 Å². The number of carbonyl (C=O) groups is 1. The summed E-state index contributed by atoms with van der Waals surface area (Å²) >= 11 is 0. The van der Waals surface area contributed by atoms with Crippen LogP contribution in [0.25, 0.3) is 11.3 Å². The molecule has 7 heteroatoms. The van der Waals surface area contributed by atoms with Crippen molar-refractivity contribution in [3.63, 3.8) is 0 Å². The van der Waals surface area contributed by atoms with E-state index in [4.69, 9.17) is 4.74 Å². The molecule has 0 aliphatic carbocycles. The molecule has 0 bridgehead atoms. The minimum absolute atomic E-state index is 0.00287. The lowest BCUT2D eigenvalue weighted by Gasteiger charge is -2.16. The van der Waals surface area contributed by atoms with Crippen LogP contribution in [-0.2, 0) is 0 Å². The fourth-order valence-electron chi connectivity index (χ4n) is 3.38. The van der Waals surface area contributed by atoms with Crippen LogP contribution in [0.2, 0.25) is 0 Å². The zero-order valence-electron chi connectivity index (χ0n) is 15.5. The van der Waals surface area contributed by atoms with Crippen LogP contribution >= 0.6 is 0 Å². The van der Waals surface area contributed by atoms with Crippen molar-refractivity contribution < 1.29 is 13.9 Å². The molecule has 1 amide bonds. The van der Waals surface area contributed by atoms with Crippen LogP contribution in [0.15, 0.2) is 54.6 Å². The van der Waals surface area contributed by atoms with E-state index in [0.717, 1.165) is 35.8 Å². The second-order valence-electron chi connectivity index (χ2n) is 6.78. The Hall–Kier alpha value is -3.35. The van der Waals surface area contributed by atoms with Gasteiger partial charge in [0.2, 0.25) is 0 Å². The number of halogens is 1. The van der Waals surface area contributed by atoms with Crippen molar-refractivity contribution in [3.05, 3.63) is 66.0 Å². The minimum Gasteiger partial charge on any atom is -0.497 e. The Kier molecular flexibility index (Phi) is 4.97. The molecule has 144 valence electrons. The summed E-state index contributed by atoms with van der Waals surface area (Å²) in [7, 11) is 1.64. The highest BCUT2D eigenvalue weighted by Gasteiger charge is 2.26. The molecule has 0 radical (unpaired) electrons. The lowest BCUT2D eigenvalue weighted by atomic mass is 10.1. The van der Waals surface area contributed by atoms with Crippen molar-refractivity contribution in [3.8, 4) is 17.0 Å². The zero-order chi connectivity index (χ0) is 19.5. The molecule has 1 aliphatic rings. The van der Waals surface area contributed by atoms with Crippen LogP contribution in [0, 0.1) is 5.82 Å². The van der Waals surface area contributed by atoms with Crippen molar-refractivity contribution in [2.24, 2.45) is 0 Å². The number of aromatic amines is 1. The molecule has 2 heterocycles. The van der Waals surface area contributed by atoms with Crippen molar-refractivity contribution in [1.29, 1.82) is 0 Å². The van der Waals surface area contributed by atoms with E-state index in [2.05, 4.69) is 20.4 Å². The molecule has 2 aromatic carbocycles. The van der Waals surface area contributed by atoms with E-state index in [1.54, 1.807) is 13.2 Å². The molecule has 28 heavy (non-hydrogen) atoms. The van der Waals surface area contributed by atoms with E-state index in [9.17, 15) is 9.18 Å². The third kappa shape index (κ3) is 3.83. The molecule has 1 aliphatic heterocycles. The molecule has 0 spiro atoms. The summed E-state index contributed by atoms with van der Waals surface area (Å²) in [6.45, 7) is 1.45. The topological polar surface area (TPSA) is 70.2 Å². The quantitative estimate of drug-likeness (QED) is 0.713.